The van der Waals surface area contributed by atoms with Crippen molar-refractivity contribution >= 4 is 0 Å². The van der Waals surface area contributed by atoms with Crippen LogP contribution < -0.4 is 10.1 Å². The second kappa shape index (κ2) is 8.94. The molecule has 1 aromatic carbocycles. The molecule has 0 aromatic heterocycles. The highest BCUT2D eigenvalue weighted by atomic mass is 16.5. The van der Waals surface area contributed by atoms with Crippen molar-refractivity contribution in [2.24, 2.45) is 0 Å². The fourth-order valence-electron chi connectivity index (χ4n) is 2.20. The first-order valence-corrected chi connectivity index (χ1v) is 7.23. The maximum absolute atomic E-state index is 8.73. The zero-order chi connectivity index (χ0) is 14.1. The second-order valence-electron chi connectivity index (χ2n) is 4.97. The van der Waals surface area contributed by atoms with E-state index in [1.807, 2.05) is 0 Å². The lowest BCUT2D eigenvalue weighted by molar-refractivity contribution is 0.265. The minimum Gasteiger partial charge on any atom is -0.493 e. The molecule has 0 saturated heterocycles. The molecule has 0 aliphatic heterocycles. The average molecular weight is 265 g/mol. The first-order chi connectivity index (χ1) is 9.19. The summed E-state index contributed by atoms with van der Waals surface area (Å²) in [6.45, 7) is 9.22. The molecule has 108 valence electrons. The van der Waals surface area contributed by atoms with Crippen molar-refractivity contribution < 1.29 is 9.84 Å². The Balaban J connectivity index is 2.53. The third kappa shape index (κ3) is 5.62. The molecule has 0 atom stereocenters. The quantitative estimate of drug-likeness (QED) is 0.675. The van der Waals surface area contributed by atoms with Crippen LogP contribution in [0.3, 0.4) is 0 Å². The molecule has 1 rings (SSSR count). The van der Waals surface area contributed by atoms with Crippen LogP contribution in [0.25, 0.3) is 0 Å². The van der Waals surface area contributed by atoms with Gasteiger partial charge in [0.2, 0.25) is 0 Å². The fourth-order valence-corrected chi connectivity index (χ4v) is 2.20. The Hall–Kier alpha value is -1.06. The highest BCUT2D eigenvalue weighted by molar-refractivity contribution is 5.43. The van der Waals surface area contributed by atoms with E-state index in [0.717, 1.165) is 44.7 Å². The average Bonchev–Trinajstić information content (AvgIpc) is 2.38. The second-order valence-corrected chi connectivity index (χ2v) is 4.97. The molecule has 3 nitrogen and oxygen atoms in total. The van der Waals surface area contributed by atoms with Crippen molar-refractivity contribution in [2.75, 3.05) is 19.8 Å². The van der Waals surface area contributed by atoms with Gasteiger partial charge in [0.25, 0.3) is 0 Å². The molecule has 0 unspecified atom stereocenters. The van der Waals surface area contributed by atoms with Crippen LogP contribution in [-0.2, 0) is 6.54 Å². The molecule has 0 amide bonds. The first-order valence-electron chi connectivity index (χ1n) is 7.23. The van der Waals surface area contributed by atoms with Crippen LogP contribution >= 0.6 is 0 Å². The van der Waals surface area contributed by atoms with Gasteiger partial charge in [-0.25, -0.2) is 0 Å². The van der Waals surface area contributed by atoms with Crippen molar-refractivity contribution in [2.45, 2.75) is 46.6 Å². The fraction of sp³-hybridized carbons (Fsp3) is 0.625. The van der Waals surface area contributed by atoms with Gasteiger partial charge in [0, 0.05) is 13.2 Å². The van der Waals surface area contributed by atoms with Crippen molar-refractivity contribution in [3.8, 4) is 5.75 Å². The molecule has 2 N–H and O–H groups in total. The summed E-state index contributed by atoms with van der Waals surface area (Å²) in [5, 5.41) is 12.1. The zero-order valence-electron chi connectivity index (χ0n) is 12.5. The van der Waals surface area contributed by atoms with Gasteiger partial charge in [0.1, 0.15) is 5.75 Å². The predicted molar refractivity (Wildman–Crippen MR) is 79.7 cm³/mol. The van der Waals surface area contributed by atoms with Crippen LogP contribution in [0, 0.1) is 13.8 Å². The summed E-state index contributed by atoms with van der Waals surface area (Å²) >= 11 is 0. The van der Waals surface area contributed by atoms with E-state index in [-0.39, 0.29) is 6.61 Å². The molecule has 3 heteroatoms. The van der Waals surface area contributed by atoms with Crippen LogP contribution in [0.1, 0.15) is 42.9 Å². The highest BCUT2D eigenvalue weighted by Crippen LogP contribution is 2.25. The molecular weight excluding hydrogens is 238 g/mol. The Morgan fingerprint density at radius 2 is 1.79 bits per heavy atom. The summed E-state index contributed by atoms with van der Waals surface area (Å²) < 4.78 is 5.87. The van der Waals surface area contributed by atoms with Gasteiger partial charge in [-0.15, -0.1) is 0 Å². The molecule has 0 aliphatic rings. The summed E-state index contributed by atoms with van der Waals surface area (Å²) in [5.41, 5.74) is 3.72. The van der Waals surface area contributed by atoms with Gasteiger partial charge < -0.3 is 15.2 Å². The van der Waals surface area contributed by atoms with E-state index in [9.17, 15) is 0 Å². The minimum absolute atomic E-state index is 0.275. The number of aryl methyl sites for hydroxylation is 2. The number of ether oxygens (including phenoxy) is 1. The van der Waals surface area contributed by atoms with E-state index < -0.39 is 0 Å². The van der Waals surface area contributed by atoms with Crippen molar-refractivity contribution in [3.05, 3.63) is 28.8 Å². The minimum atomic E-state index is 0.275. The highest BCUT2D eigenvalue weighted by Gasteiger charge is 2.06. The monoisotopic (exact) mass is 265 g/mol. The van der Waals surface area contributed by atoms with E-state index >= 15 is 0 Å². The largest absolute Gasteiger partial charge is 0.493 e. The standard InChI is InChI=1S/C16H27NO2/c1-4-17-12-15-10-13(2)16(14(3)11-15)19-9-7-5-6-8-18/h10-11,17-18H,4-9,12H2,1-3H3. The van der Waals surface area contributed by atoms with Crippen molar-refractivity contribution in [3.63, 3.8) is 0 Å². The number of unbranched alkanes of at least 4 members (excludes halogenated alkanes) is 2. The Morgan fingerprint density at radius 3 is 2.37 bits per heavy atom. The summed E-state index contributed by atoms with van der Waals surface area (Å²) in [5.74, 6) is 1.02. The number of hydrogen-bond acceptors (Lipinski definition) is 3. The van der Waals surface area contributed by atoms with Gasteiger partial charge in [0.05, 0.1) is 6.61 Å². The smallest absolute Gasteiger partial charge is 0.125 e. The van der Waals surface area contributed by atoms with E-state index in [2.05, 4.69) is 38.2 Å². The molecule has 0 radical (unpaired) electrons. The lowest BCUT2D eigenvalue weighted by Crippen LogP contribution is -2.12. The number of aliphatic hydroxyl groups excluding tert-OH is 1. The summed E-state index contributed by atoms with van der Waals surface area (Å²) in [7, 11) is 0. The topological polar surface area (TPSA) is 41.5 Å². The van der Waals surface area contributed by atoms with E-state index in [1.54, 1.807) is 0 Å². The van der Waals surface area contributed by atoms with Gasteiger partial charge in [-0.2, -0.15) is 0 Å². The predicted octanol–water partition coefficient (Wildman–Crippen LogP) is 2.95. The van der Waals surface area contributed by atoms with Gasteiger partial charge >= 0.3 is 0 Å². The third-order valence-corrected chi connectivity index (χ3v) is 3.15. The molecule has 0 aliphatic carbocycles. The molecule has 0 bridgehead atoms. The Kier molecular flexibility index (Phi) is 7.53. The number of aliphatic hydroxyl groups is 1. The van der Waals surface area contributed by atoms with Gasteiger partial charge in [0.15, 0.2) is 0 Å². The Morgan fingerprint density at radius 1 is 1.11 bits per heavy atom. The first kappa shape index (κ1) is 16.0. The van der Waals surface area contributed by atoms with Crippen LogP contribution in [0.2, 0.25) is 0 Å². The molecular formula is C16H27NO2. The Bertz CT molecular complexity index is 354. The van der Waals surface area contributed by atoms with Gasteiger partial charge in [-0.1, -0.05) is 19.1 Å². The number of benzene rings is 1. The third-order valence-electron chi connectivity index (χ3n) is 3.15. The lowest BCUT2D eigenvalue weighted by Gasteiger charge is -2.14. The summed E-state index contributed by atoms with van der Waals surface area (Å²) in [6.07, 6.45) is 2.88. The molecule has 0 heterocycles. The van der Waals surface area contributed by atoms with E-state index in [1.165, 1.54) is 16.7 Å². The van der Waals surface area contributed by atoms with Crippen LogP contribution in [0.5, 0.6) is 5.75 Å². The van der Waals surface area contributed by atoms with Crippen LogP contribution in [-0.4, -0.2) is 24.9 Å². The maximum atomic E-state index is 8.73. The van der Waals surface area contributed by atoms with Crippen molar-refractivity contribution in [1.82, 2.24) is 5.32 Å². The molecule has 0 saturated carbocycles. The Labute approximate surface area is 117 Å². The van der Waals surface area contributed by atoms with Crippen LogP contribution in [0.15, 0.2) is 12.1 Å². The summed E-state index contributed by atoms with van der Waals surface area (Å²) in [4.78, 5) is 0. The number of rotatable bonds is 9. The SMILES string of the molecule is CCNCc1cc(C)c(OCCCCCO)c(C)c1. The number of hydrogen-bond donors (Lipinski definition) is 2. The lowest BCUT2D eigenvalue weighted by atomic mass is 10.1. The van der Waals surface area contributed by atoms with E-state index in [0.29, 0.717) is 0 Å². The van der Waals surface area contributed by atoms with Crippen LogP contribution in [0.4, 0.5) is 0 Å². The molecule has 1 aromatic rings. The van der Waals surface area contributed by atoms with E-state index in [4.69, 9.17) is 9.84 Å². The zero-order valence-corrected chi connectivity index (χ0v) is 12.5. The molecule has 0 spiro atoms. The van der Waals surface area contributed by atoms with Gasteiger partial charge in [-0.3, -0.25) is 0 Å². The molecule has 19 heavy (non-hydrogen) atoms. The number of nitrogens with one attached hydrogen (secondary N) is 1. The van der Waals surface area contributed by atoms with Gasteiger partial charge in [-0.05, 0) is 56.3 Å². The summed E-state index contributed by atoms with van der Waals surface area (Å²) in [6, 6.07) is 4.39. The molecule has 0 fully saturated rings. The van der Waals surface area contributed by atoms with Crippen molar-refractivity contribution in [1.29, 1.82) is 0 Å². The normalized spacial score (nSPS) is 10.7. The maximum Gasteiger partial charge on any atom is 0.125 e.